The topological polar surface area (TPSA) is 57.4 Å². The van der Waals surface area contributed by atoms with E-state index in [0.29, 0.717) is 18.2 Å². The maximum Gasteiger partial charge on any atom is 0.138 e. The molecule has 1 heterocycles. The van der Waals surface area contributed by atoms with Crippen molar-refractivity contribution in [2.24, 2.45) is 0 Å². The van der Waals surface area contributed by atoms with E-state index in [9.17, 15) is 0 Å². The molecule has 1 aromatic carbocycles. The van der Waals surface area contributed by atoms with Crippen LogP contribution in [-0.2, 0) is 6.61 Å². The summed E-state index contributed by atoms with van der Waals surface area (Å²) in [5.74, 6) is 2.00. The largest absolute Gasteiger partial charge is 0.497 e. The average Bonchev–Trinajstić information content (AvgIpc) is 2.38. The highest BCUT2D eigenvalue weighted by atomic mass is 16.5. The van der Waals surface area contributed by atoms with Gasteiger partial charge in [0.2, 0.25) is 0 Å². The van der Waals surface area contributed by atoms with Crippen molar-refractivity contribution in [2.75, 3.05) is 12.8 Å². The number of rotatable bonds is 4. The first-order valence-electron chi connectivity index (χ1n) is 5.25. The molecule has 0 saturated heterocycles. The normalized spacial score (nSPS) is 9.94. The summed E-state index contributed by atoms with van der Waals surface area (Å²) >= 11 is 0. The van der Waals surface area contributed by atoms with Crippen LogP contribution in [0.15, 0.2) is 42.6 Å². The first-order chi connectivity index (χ1) is 8.28. The first-order valence-corrected chi connectivity index (χ1v) is 5.25. The third-order valence-corrected chi connectivity index (χ3v) is 2.30. The van der Waals surface area contributed by atoms with Crippen molar-refractivity contribution in [3.8, 4) is 11.5 Å². The van der Waals surface area contributed by atoms with Gasteiger partial charge in [-0.15, -0.1) is 0 Å². The van der Waals surface area contributed by atoms with E-state index in [1.807, 2.05) is 24.3 Å². The van der Waals surface area contributed by atoms with Gasteiger partial charge in [0, 0.05) is 0 Å². The zero-order chi connectivity index (χ0) is 12.1. The summed E-state index contributed by atoms with van der Waals surface area (Å²) in [6.07, 6.45) is 1.61. The van der Waals surface area contributed by atoms with Crippen molar-refractivity contribution < 1.29 is 9.47 Å². The Hall–Kier alpha value is -2.23. The molecule has 17 heavy (non-hydrogen) atoms. The van der Waals surface area contributed by atoms with Gasteiger partial charge in [-0.3, -0.25) is 0 Å². The number of methoxy groups -OCH3 is 1. The Bertz CT molecular complexity index is 483. The van der Waals surface area contributed by atoms with Gasteiger partial charge in [0.1, 0.15) is 23.9 Å². The maximum atomic E-state index is 5.57. The molecule has 0 unspecified atom stereocenters. The molecule has 2 N–H and O–H groups in total. The van der Waals surface area contributed by atoms with Crippen molar-refractivity contribution >= 4 is 5.82 Å². The van der Waals surface area contributed by atoms with Crippen LogP contribution in [0.5, 0.6) is 11.5 Å². The summed E-state index contributed by atoms with van der Waals surface area (Å²) in [4.78, 5) is 3.95. The standard InChI is InChI=1S/C13H14N2O2/c1-16-11-4-2-3-10(7-11)9-17-12-5-6-13(14)15-8-12/h2-8H,9H2,1H3,(H2,14,15). The number of anilines is 1. The molecular formula is C13H14N2O2. The Morgan fingerprint density at radius 3 is 2.76 bits per heavy atom. The lowest BCUT2D eigenvalue weighted by atomic mass is 10.2. The molecule has 0 spiro atoms. The fraction of sp³-hybridized carbons (Fsp3) is 0.154. The van der Waals surface area contributed by atoms with Gasteiger partial charge in [0.15, 0.2) is 0 Å². The van der Waals surface area contributed by atoms with Crippen LogP contribution in [0.2, 0.25) is 0 Å². The minimum atomic E-state index is 0.475. The predicted molar refractivity (Wildman–Crippen MR) is 66.0 cm³/mol. The molecule has 0 fully saturated rings. The predicted octanol–water partition coefficient (Wildman–Crippen LogP) is 2.25. The monoisotopic (exact) mass is 230 g/mol. The highest BCUT2D eigenvalue weighted by Gasteiger charge is 1.98. The molecule has 1 aromatic heterocycles. The van der Waals surface area contributed by atoms with E-state index in [1.165, 1.54) is 0 Å². The number of aromatic nitrogens is 1. The molecule has 0 aliphatic carbocycles. The molecule has 0 saturated carbocycles. The molecule has 0 aliphatic heterocycles. The Kier molecular flexibility index (Phi) is 3.45. The van der Waals surface area contributed by atoms with Crippen LogP contribution in [0.25, 0.3) is 0 Å². The number of ether oxygens (including phenoxy) is 2. The van der Waals surface area contributed by atoms with Crippen molar-refractivity contribution in [1.29, 1.82) is 0 Å². The Morgan fingerprint density at radius 1 is 1.18 bits per heavy atom. The van der Waals surface area contributed by atoms with Gasteiger partial charge in [-0.05, 0) is 29.8 Å². The summed E-state index contributed by atoms with van der Waals surface area (Å²) < 4.78 is 10.7. The van der Waals surface area contributed by atoms with E-state index in [4.69, 9.17) is 15.2 Å². The van der Waals surface area contributed by atoms with Gasteiger partial charge in [-0.2, -0.15) is 0 Å². The minimum Gasteiger partial charge on any atom is -0.497 e. The van der Waals surface area contributed by atoms with Crippen molar-refractivity contribution in [3.63, 3.8) is 0 Å². The van der Waals surface area contributed by atoms with Crippen molar-refractivity contribution in [3.05, 3.63) is 48.2 Å². The minimum absolute atomic E-state index is 0.475. The van der Waals surface area contributed by atoms with Gasteiger partial charge in [-0.1, -0.05) is 12.1 Å². The third-order valence-electron chi connectivity index (χ3n) is 2.30. The SMILES string of the molecule is COc1cccc(COc2ccc(N)nc2)c1. The van der Waals surface area contributed by atoms with Crippen LogP contribution in [0, 0.1) is 0 Å². The van der Waals surface area contributed by atoms with Gasteiger partial charge in [0.05, 0.1) is 13.3 Å². The fourth-order valence-corrected chi connectivity index (χ4v) is 1.41. The van der Waals surface area contributed by atoms with Crippen LogP contribution < -0.4 is 15.2 Å². The maximum absolute atomic E-state index is 5.57. The summed E-state index contributed by atoms with van der Waals surface area (Å²) in [6.45, 7) is 0.475. The van der Waals surface area contributed by atoms with Gasteiger partial charge >= 0.3 is 0 Å². The number of nitrogen functional groups attached to an aromatic ring is 1. The Labute approximate surface area is 100 Å². The third kappa shape index (κ3) is 3.11. The van der Waals surface area contributed by atoms with Crippen LogP contribution in [0.4, 0.5) is 5.82 Å². The molecule has 0 amide bonds. The smallest absolute Gasteiger partial charge is 0.138 e. The Balaban J connectivity index is 1.99. The van der Waals surface area contributed by atoms with E-state index >= 15 is 0 Å². The first kappa shape index (κ1) is 11.3. The molecule has 2 rings (SSSR count). The number of hydrogen-bond donors (Lipinski definition) is 1. The molecule has 0 atom stereocenters. The zero-order valence-corrected chi connectivity index (χ0v) is 9.59. The van der Waals surface area contributed by atoms with Gasteiger partial charge in [0.25, 0.3) is 0 Å². The lowest BCUT2D eigenvalue weighted by Gasteiger charge is -2.07. The lowest BCUT2D eigenvalue weighted by molar-refractivity contribution is 0.304. The summed E-state index contributed by atoms with van der Waals surface area (Å²) in [7, 11) is 1.64. The highest BCUT2D eigenvalue weighted by molar-refractivity contribution is 5.33. The lowest BCUT2D eigenvalue weighted by Crippen LogP contribution is -1.97. The van der Waals surface area contributed by atoms with Crippen molar-refractivity contribution in [1.82, 2.24) is 4.98 Å². The quantitative estimate of drug-likeness (QED) is 0.875. The van der Waals surface area contributed by atoms with E-state index in [-0.39, 0.29) is 0 Å². The Morgan fingerprint density at radius 2 is 2.06 bits per heavy atom. The van der Waals surface area contributed by atoms with Crippen LogP contribution in [-0.4, -0.2) is 12.1 Å². The molecular weight excluding hydrogens is 216 g/mol. The number of nitrogens with two attached hydrogens (primary N) is 1. The molecule has 0 radical (unpaired) electrons. The molecule has 2 aromatic rings. The molecule has 4 nitrogen and oxygen atoms in total. The second-order valence-corrected chi connectivity index (χ2v) is 3.56. The highest BCUT2D eigenvalue weighted by Crippen LogP contribution is 2.16. The van der Waals surface area contributed by atoms with Crippen LogP contribution in [0.1, 0.15) is 5.56 Å². The number of hydrogen-bond acceptors (Lipinski definition) is 4. The average molecular weight is 230 g/mol. The van der Waals surface area contributed by atoms with Crippen molar-refractivity contribution in [2.45, 2.75) is 6.61 Å². The number of pyridine rings is 1. The summed E-state index contributed by atoms with van der Waals surface area (Å²) in [5, 5.41) is 0. The summed E-state index contributed by atoms with van der Waals surface area (Å²) in [6, 6.07) is 11.2. The van der Waals surface area contributed by atoms with E-state index in [2.05, 4.69) is 4.98 Å². The molecule has 0 aliphatic rings. The number of nitrogens with zero attached hydrogens (tertiary/aromatic N) is 1. The second-order valence-electron chi connectivity index (χ2n) is 3.56. The van der Waals surface area contributed by atoms with Crippen LogP contribution in [0.3, 0.4) is 0 Å². The molecule has 4 heteroatoms. The van der Waals surface area contributed by atoms with Gasteiger partial charge < -0.3 is 15.2 Å². The second kappa shape index (κ2) is 5.21. The fourth-order valence-electron chi connectivity index (χ4n) is 1.41. The van der Waals surface area contributed by atoms with E-state index < -0.39 is 0 Å². The zero-order valence-electron chi connectivity index (χ0n) is 9.59. The van der Waals surface area contributed by atoms with Crippen LogP contribution >= 0.6 is 0 Å². The molecule has 0 bridgehead atoms. The molecule has 88 valence electrons. The van der Waals surface area contributed by atoms with E-state index in [0.717, 1.165) is 11.3 Å². The van der Waals surface area contributed by atoms with E-state index in [1.54, 1.807) is 25.4 Å². The van der Waals surface area contributed by atoms with Gasteiger partial charge in [-0.25, -0.2) is 4.98 Å². The summed E-state index contributed by atoms with van der Waals surface area (Å²) in [5.41, 5.74) is 6.53. The number of benzene rings is 1.